The summed E-state index contributed by atoms with van der Waals surface area (Å²) in [7, 11) is 3.60. The maximum Gasteiger partial charge on any atom is 0.254 e. The zero-order valence-corrected chi connectivity index (χ0v) is 18.9. The molecule has 0 unspecified atom stereocenters. The molecular formula is C23H32ClN3O3. The fourth-order valence-electron chi connectivity index (χ4n) is 3.22. The highest BCUT2D eigenvalue weighted by atomic mass is 35.5. The van der Waals surface area contributed by atoms with Gasteiger partial charge in [-0.25, -0.2) is 0 Å². The van der Waals surface area contributed by atoms with Crippen LogP contribution in [-0.2, 0) is 23.1 Å². The molecule has 30 heavy (non-hydrogen) atoms. The monoisotopic (exact) mass is 433 g/mol. The molecule has 0 saturated carbocycles. The van der Waals surface area contributed by atoms with Gasteiger partial charge in [-0.15, -0.1) is 0 Å². The summed E-state index contributed by atoms with van der Waals surface area (Å²) in [5.74, 6) is -0.256. The lowest BCUT2D eigenvalue weighted by molar-refractivity contribution is -0.132. The minimum atomic E-state index is -0.198. The van der Waals surface area contributed by atoms with Crippen LogP contribution in [0.4, 0.5) is 0 Å². The fraction of sp³-hybridized carbons (Fsp3) is 0.478. The van der Waals surface area contributed by atoms with E-state index in [1.54, 1.807) is 36.3 Å². The van der Waals surface area contributed by atoms with E-state index in [2.05, 4.69) is 6.92 Å². The standard InChI is InChI=1S/C23H32ClN3O3/c1-4-5-13-26(17-21-11-7-12-25(21)2)22(28)18-27(14-8-15-30-3)23(29)19-9-6-10-20(24)16-19/h6-7,9-12,16H,4-5,8,13-15,17-18H2,1-3H3. The summed E-state index contributed by atoms with van der Waals surface area (Å²) < 4.78 is 7.14. The number of ether oxygens (including phenoxy) is 1. The first-order valence-corrected chi connectivity index (χ1v) is 10.8. The van der Waals surface area contributed by atoms with Gasteiger partial charge in [0.1, 0.15) is 6.54 Å². The topological polar surface area (TPSA) is 54.8 Å². The van der Waals surface area contributed by atoms with Gasteiger partial charge >= 0.3 is 0 Å². The first kappa shape index (κ1) is 24.0. The second kappa shape index (κ2) is 12.4. The molecule has 0 bridgehead atoms. The number of hydrogen-bond donors (Lipinski definition) is 0. The van der Waals surface area contributed by atoms with E-state index < -0.39 is 0 Å². The van der Waals surface area contributed by atoms with Crippen molar-refractivity contribution in [2.24, 2.45) is 7.05 Å². The lowest BCUT2D eigenvalue weighted by Gasteiger charge is -2.28. The molecule has 6 nitrogen and oxygen atoms in total. The number of carbonyl (C=O) groups excluding carboxylic acids is 2. The summed E-state index contributed by atoms with van der Waals surface area (Å²) in [6.45, 7) is 4.29. The van der Waals surface area contributed by atoms with E-state index in [1.165, 1.54) is 0 Å². The Labute approximate surface area is 184 Å². The molecule has 0 radical (unpaired) electrons. The van der Waals surface area contributed by atoms with Crippen LogP contribution < -0.4 is 0 Å². The van der Waals surface area contributed by atoms with Crippen LogP contribution in [0.5, 0.6) is 0 Å². The quantitative estimate of drug-likeness (QED) is 0.475. The molecule has 1 heterocycles. The first-order chi connectivity index (χ1) is 14.5. The third kappa shape index (κ3) is 7.18. The van der Waals surface area contributed by atoms with Gasteiger partial charge in [0.2, 0.25) is 5.91 Å². The summed E-state index contributed by atoms with van der Waals surface area (Å²) in [5, 5.41) is 0.497. The van der Waals surface area contributed by atoms with E-state index in [1.807, 2.05) is 34.8 Å². The molecule has 1 aromatic carbocycles. The average Bonchev–Trinajstić information content (AvgIpc) is 3.14. The summed E-state index contributed by atoms with van der Waals surface area (Å²) in [6, 6.07) is 10.8. The Kier molecular flexibility index (Phi) is 9.91. The van der Waals surface area contributed by atoms with E-state index >= 15 is 0 Å². The van der Waals surface area contributed by atoms with Gasteiger partial charge in [-0.05, 0) is 43.2 Å². The molecule has 0 aliphatic rings. The number of benzene rings is 1. The Morgan fingerprint density at radius 1 is 1.10 bits per heavy atom. The Morgan fingerprint density at radius 3 is 2.50 bits per heavy atom. The highest BCUT2D eigenvalue weighted by Crippen LogP contribution is 2.14. The largest absolute Gasteiger partial charge is 0.385 e. The van der Waals surface area contributed by atoms with E-state index in [0.717, 1.165) is 18.5 Å². The van der Waals surface area contributed by atoms with Crippen molar-refractivity contribution in [3.8, 4) is 0 Å². The molecule has 0 saturated heterocycles. The van der Waals surface area contributed by atoms with Crippen LogP contribution in [0.1, 0.15) is 42.2 Å². The van der Waals surface area contributed by atoms with Crippen molar-refractivity contribution in [3.05, 3.63) is 58.9 Å². The summed E-state index contributed by atoms with van der Waals surface area (Å²) >= 11 is 6.06. The number of unbranched alkanes of at least 4 members (excludes halogenated alkanes) is 1. The number of methoxy groups -OCH3 is 1. The average molecular weight is 434 g/mol. The first-order valence-electron chi connectivity index (χ1n) is 10.4. The minimum Gasteiger partial charge on any atom is -0.385 e. The molecule has 0 aliphatic carbocycles. The van der Waals surface area contributed by atoms with Crippen molar-refractivity contribution in [2.45, 2.75) is 32.7 Å². The van der Waals surface area contributed by atoms with E-state index in [9.17, 15) is 9.59 Å². The molecule has 2 rings (SSSR count). The van der Waals surface area contributed by atoms with Crippen molar-refractivity contribution in [3.63, 3.8) is 0 Å². The number of rotatable bonds is 12. The summed E-state index contributed by atoms with van der Waals surface area (Å²) in [5.41, 5.74) is 1.54. The molecule has 7 heteroatoms. The molecule has 0 spiro atoms. The molecular weight excluding hydrogens is 402 g/mol. The number of carbonyl (C=O) groups is 2. The normalized spacial score (nSPS) is 10.8. The molecule has 0 aliphatic heterocycles. The predicted octanol–water partition coefficient (Wildman–Crippen LogP) is 3.99. The van der Waals surface area contributed by atoms with Crippen LogP contribution in [0.25, 0.3) is 0 Å². The number of halogens is 1. The lowest BCUT2D eigenvalue weighted by Crippen LogP contribution is -2.43. The van der Waals surface area contributed by atoms with Crippen LogP contribution in [0.15, 0.2) is 42.6 Å². The molecule has 0 fully saturated rings. The van der Waals surface area contributed by atoms with Gasteiger partial charge in [0.25, 0.3) is 5.91 Å². The Bertz CT molecular complexity index is 822. The van der Waals surface area contributed by atoms with Gasteiger partial charge in [-0.2, -0.15) is 0 Å². The summed E-state index contributed by atoms with van der Waals surface area (Å²) in [6.07, 6.45) is 4.54. The minimum absolute atomic E-state index is 0.0310. The van der Waals surface area contributed by atoms with Gasteiger partial charge in [0.05, 0.1) is 6.54 Å². The Hall–Kier alpha value is -2.31. The zero-order chi connectivity index (χ0) is 21.9. The van der Waals surface area contributed by atoms with Crippen LogP contribution >= 0.6 is 11.6 Å². The number of aryl methyl sites for hydroxylation is 1. The van der Waals surface area contributed by atoms with Gasteiger partial charge < -0.3 is 19.1 Å². The second-order valence-corrected chi connectivity index (χ2v) is 7.80. The lowest BCUT2D eigenvalue weighted by atomic mass is 10.2. The number of aromatic nitrogens is 1. The number of hydrogen-bond acceptors (Lipinski definition) is 3. The molecule has 164 valence electrons. The van der Waals surface area contributed by atoms with Crippen molar-refractivity contribution in [1.82, 2.24) is 14.4 Å². The third-order valence-electron chi connectivity index (χ3n) is 5.00. The molecule has 0 atom stereocenters. The number of amides is 2. The highest BCUT2D eigenvalue weighted by Gasteiger charge is 2.23. The summed E-state index contributed by atoms with van der Waals surface area (Å²) in [4.78, 5) is 29.7. The van der Waals surface area contributed by atoms with Crippen LogP contribution in [-0.4, -0.2) is 59.5 Å². The number of nitrogens with zero attached hydrogens (tertiary/aromatic N) is 3. The van der Waals surface area contributed by atoms with Crippen molar-refractivity contribution in [1.29, 1.82) is 0 Å². The van der Waals surface area contributed by atoms with Crippen molar-refractivity contribution in [2.75, 3.05) is 33.4 Å². The van der Waals surface area contributed by atoms with Gasteiger partial charge in [-0.3, -0.25) is 9.59 Å². The van der Waals surface area contributed by atoms with Crippen molar-refractivity contribution >= 4 is 23.4 Å². The fourth-order valence-corrected chi connectivity index (χ4v) is 3.41. The van der Waals surface area contributed by atoms with E-state index in [4.69, 9.17) is 16.3 Å². The van der Waals surface area contributed by atoms with Gasteiger partial charge in [0, 0.05) is 56.3 Å². The van der Waals surface area contributed by atoms with Gasteiger partial charge in [-0.1, -0.05) is 31.0 Å². The predicted molar refractivity (Wildman–Crippen MR) is 120 cm³/mol. The maximum absolute atomic E-state index is 13.2. The van der Waals surface area contributed by atoms with E-state index in [-0.39, 0.29) is 18.4 Å². The molecule has 2 amide bonds. The molecule has 2 aromatic rings. The van der Waals surface area contributed by atoms with Crippen molar-refractivity contribution < 1.29 is 14.3 Å². The smallest absolute Gasteiger partial charge is 0.254 e. The maximum atomic E-state index is 13.2. The second-order valence-electron chi connectivity index (χ2n) is 7.36. The zero-order valence-electron chi connectivity index (χ0n) is 18.1. The SMILES string of the molecule is CCCCN(Cc1cccn1C)C(=O)CN(CCCOC)C(=O)c1cccc(Cl)c1. The van der Waals surface area contributed by atoms with Gasteiger partial charge in [0.15, 0.2) is 0 Å². The van der Waals surface area contributed by atoms with E-state index in [0.29, 0.717) is 43.2 Å². The molecule has 0 N–H and O–H groups in total. The van der Waals surface area contributed by atoms with Crippen LogP contribution in [0, 0.1) is 0 Å². The highest BCUT2D eigenvalue weighted by molar-refractivity contribution is 6.30. The van der Waals surface area contributed by atoms with Crippen LogP contribution in [0.2, 0.25) is 5.02 Å². The molecule has 1 aromatic heterocycles. The Morgan fingerprint density at radius 2 is 1.87 bits per heavy atom. The Balaban J connectivity index is 2.16. The third-order valence-corrected chi connectivity index (χ3v) is 5.23. The van der Waals surface area contributed by atoms with Crippen LogP contribution in [0.3, 0.4) is 0 Å².